The molecule has 2 atom stereocenters. The number of hydrogen-bond donors (Lipinski definition) is 3. The van der Waals surface area contributed by atoms with Gasteiger partial charge in [-0.2, -0.15) is 0 Å². The molecule has 5 nitrogen and oxygen atoms in total. The number of rotatable bonds is 4. The van der Waals surface area contributed by atoms with E-state index in [0.29, 0.717) is 5.56 Å². The molecule has 1 heterocycles. The lowest BCUT2D eigenvalue weighted by Gasteiger charge is -2.24. The molecule has 1 aromatic carbocycles. The van der Waals surface area contributed by atoms with Crippen molar-refractivity contribution in [3.63, 3.8) is 0 Å². The fraction of sp³-hybridized carbons (Fsp3) is 0.474. The van der Waals surface area contributed by atoms with Crippen molar-refractivity contribution in [1.29, 1.82) is 0 Å². The molecular formula is C19H24N2O3. The number of aromatic amines is 1. The highest BCUT2D eigenvalue weighted by molar-refractivity contribution is 5.82. The minimum absolute atomic E-state index is 0.00420. The van der Waals surface area contributed by atoms with Crippen LogP contribution < -0.4 is 10.9 Å². The fourth-order valence-electron chi connectivity index (χ4n) is 3.55. The van der Waals surface area contributed by atoms with Gasteiger partial charge in [-0.15, -0.1) is 0 Å². The zero-order chi connectivity index (χ0) is 16.9. The minimum atomic E-state index is -0.219. The van der Waals surface area contributed by atoms with Crippen molar-refractivity contribution in [2.45, 2.75) is 44.6 Å². The van der Waals surface area contributed by atoms with Crippen molar-refractivity contribution in [3.8, 4) is 0 Å². The molecule has 24 heavy (non-hydrogen) atoms. The van der Waals surface area contributed by atoms with E-state index in [1.165, 1.54) is 0 Å². The first-order valence-corrected chi connectivity index (χ1v) is 8.68. The Morgan fingerprint density at radius 1 is 1.21 bits per heavy atom. The number of nitrogens with one attached hydrogen (secondary N) is 2. The number of carbonyl (C=O) groups is 1. The molecule has 2 aromatic rings. The van der Waals surface area contributed by atoms with Crippen molar-refractivity contribution in [1.82, 2.24) is 10.3 Å². The van der Waals surface area contributed by atoms with Gasteiger partial charge in [-0.05, 0) is 30.4 Å². The van der Waals surface area contributed by atoms with E-state index in [1.807, 2.05) is 24.3 Å². The smallest absolute Gasteiger partial charge is 0.252 e. The summed E-state index contributed by atoms with van der Waals surface area (Å²) in [4.78, 5) is 27.4. The molecule has 0 radical (unpaired) electrons. The molecule has 1 aliphatic carbocycles. The van der Waals surface area contributed by atoms with Gasteiger partial charge in [0.1, 0.15) is 0 Å². The summed E-state index contributed by atoms with van der Waals surface area (Å²) in [5.74, 6) is -0.0348. The lowest BCUT2D eigenvalue weighted by Crippen LogP contribution is -2.42. The van der Waals surface area contributed by atoms with Crippen LogP contribution in [0.15, 0.2) is 35.1 Å². The van der Waals surface area contributed by atoms with Crippen LogP contribution in [0.1, 0.15) is 37.7 Å². The maximum atomic E-state index is 12.4. The van der Waals surface area contributed by atoms with Crippen molar-refractivity contribution in [2.24, 2.45) is 5.92 Å². The number of amides is 1. The van der Waals surface area contributed by atoms with Crippen LogP contribution in [0.4, 0.5) is 0 Å². The minimum Gasteiger partial charge on any atom is -0.396 e. The van der Waals surface area contributed by atoms with Gasteiger partial charge in [-0.25, -0.2) is 0 Å². The number of hydrogen-bond acceptors (Lipinski definition) is 3. The van der Waals surface area contributed by atoms with Crippen LogP contribution in [-0.4, -0.2) is 28.6 Å². The van der Waals surface area contributed by atoms with Crippen LogP contribution >= 0.6 is 0 Å². The van der Waals surface area contributed by atoms with Gasteiger partial charge < -0.3 is 15.4 Å². The second-order valence-electron chi connectivity index (χ2n) is 6.64. The van der Waals surface area contributed by atoms with Crippen molar-refractivity contribution in [2.75, 3.05) is 6.61 Å². The Balaban J connectivity index is 1.72. The van der Waals surface area contributed by atoms with E-state index in [4.69, 9.17) is 0 Å². The lowest BCUT2D eigenvalue weighted by molar-refractivity contribution is -0.121. The summed E-state index contributed by atoms with van der Waals surface area (Å²) in [6.07, 6.45) is 5.21. The molecule has 5 heteroatoms. The van der Waals surface area contributed by atoms with Crippen molar-refractivity contribution in [3.05, 3.63) is 46.2 Å². The first-order chi connectivity index (χ1) is 11.7. The maximum absolute atomic E-state index is 12.4. The van der Waals surface area contributed by atoms with E-state index >= 15 is 0 Å². The quantitative estimate of drug-likeness (QED) is 0.752. The Hall–Kier alpha value is -2.14. The fourth-order valence-corrected chi connectivity index (χ4v) is 3.55. The Morgan fingerprint density at radius 3 is 2.83 bits per heavy atom. The summed E-state index contributed by atoms with van der Waals surface area (Å²) < 4.78 is 0. The highest BCUT2D eigenvalue weighted by atomic mass is 16.3. The molecule has 0 bridgehead atoms. The number of benzene rings is 1. The second kappa shape index (κ2) is 7.62. The largest absolute Gasteiger partial charge is 0.396 e. The van der Waals surface area contributed by atoms with Crippen LogP contribution in [0.5, 0.6) is 0 Å². The topological polar surface area (TPSA) is 82.2 Å². The van der Waals surface area contributed by atoms with E-state index in [9.17, 15) is 14.7 Å². The highest BCUT2D eigenvalue weighted by Crippen LogP contribution is 2.23. The first-order valence-electron chi connectivity index (χ1n) is 8.68. The molecule has 1 fully saturated rings. The normalized spacial score (nSPS) is 21.4. The van der Waals surface area contributed by atoms with Gasteiger partial charge in [0, 0.05) is 29.6 Å². The number of carbonyl (C=O) groups excluding carboxylic acids is 1. The Bertz CT molecular complexity index is 769. The molecule has 128 valence electrons. The third-order valence-electron chi connectivity index (χ3n) is 4.92. The van der Waals surface area contributed by atoms with Gasteiger partial charge >= 0.3 is 0 Å². The number of aliphatic hydroxyl groups is 1. The lowest BCUT2D eigenvalue weighted by atomic mass is 9.95. The van der Waals surface area contributed by atoms with Gasteiger partial charge in [0.25, 0.3) is 5.56 Å². The molecule has 1 aliphatic rings. The molecule has 1 amide bonds. The monoisotopic (exact) mass is 328 g/mol. The summed E-state index contributed by atoms with van der Waals surface area (Å²) in [6, 6.07) is 9.32. The summed E-state index contributed by atoms with van der Waals surface area (Å²) in [5.41, 5.74) is 1.03. The zero-order valence-electron chi connectivity index (χ0n) is 13.8. The second-order valence-corrected chi connectivity index (χ2v) is 6.64. The standard InChI is InChI=1S/C19H24N2O3/c22-12-14-7-2-1-3-8-17(14)20-18(23)11-15-10-13-6-4-5-9-16(13)21-19(15)24/h4-6,9-10,14,17,22H,1-3,7-8,11-12H2,(H,20,23)(H,21,24). The maximum Gasteiger partial charge on any atom is 0.252 e. The highest BCUT2D eigenvalue weighted by Gasteiger charge is 2.24. The molecule has 1 aromatic heterocycles. The van der Waals surface area contributed by atoms with Crippen molar-refractivity contribution < 1.29 is 9.90 Å². The van der Waals surface area contributed by atoms with Crippen LogP contribution in [-0.2, 0) is 11.2 Å². The predicted molar refractivity (Wildman–Crippen MR) is 93.9 cm³/mol. The van der Waals surface area contributed by atoms with Crippen molar-refractivity contribution >= 4 is 16.8 Å². The summed E-state index contributed by atoms with van der Waals surface area (Å²) >= 11 is 0. The predicted octanol–water partition coefficient (Wildman–Crippen LogP) is 2.13. The SMILES string of the molecule is O=C(Cc1cc2ccccc2[nH]c1=O)NC1CCCCCC1CO. The number of para-hydroxylation sites is 1. The molecule has 3 rings (SSSR count). The van der Waals surface area contributed by atoms with Crippen LogP contribution in [0.25, 0.3) is 10.9 Å². The first kappa shape index (κ1) is 16.7. The molecule has 0 saturated heterocycles. The Morgan fingerprint density at radius 2 is 2.00 bits per heavy atom. The van der Waals surface area contributed by atoms with E-state index in [2.05, 4.69) is 10.3 Å². The van der Waals surface area contributed by atoms with Gasteiger partial charge in [0.05, 0.1) is 6.42 Å². The van der Waals surface area contributed by atoms with Gasteiger partial charge in [-0.1, -0.05) is 37.5 Å². The zero-order valence-corrected chi connectivity index (χ0v) is 13.8. The Kier molecular flexibility index (Phi) is 5.30. The average Bonchev–Trinajstić information content (AvgIpc) is 2.80. The molecular weight excluding hydrogens is 304 g/mol. The summed E-state index contributed by atoms with van der Waals surface area (Å²) in [5, 5.41) is 13.5. The van der Waals surface area contributed by atoms with E-state index in [-0.39, 0.29) is 36.5 Å². The number of pyridine rings is 1. The molecule has 0 spiro atoms. The molecule has 3 N–H and O–H groups in total. The van der Waals surface area contributed by atoms with Crippen LogP contribution in [0, 0.1) is 5.92 Å². The number of aliphatic hydroxyl groups excluding tert-OH is 1. The van der Waals surface area contributed by atoms with E-state index in [1.54, 1.807) is 6.07 Å². The molecule has 2 unspecified atom stereocenters. The van der Waals surface area contributed by atoms with Gasteiger partial charge in [0.15, 0.2) is 0 Å². The van der Waals surface area contributed by atoms with E-state index < -0.39 is 0 Å². The van der Waals surface area contributed by atoms with E-state index in [0.717, 1.165) is 43.0 Å². The summed E-state index contributed by atoms with van der Waals surface area (Å²) in [6.45, 7) is 0.0987. The number of aromatic nitrogens is 1. The van der Waals surface area contributed by atoms with Gasteiger partial charge in [-0.3, -0.25) is 9.59 Å². The Labute approximate surface area is 141 Å². The number of H-pyrrole nitrogens is 1. The number of fused-ring (bicyclic) bond motifs is 1. The van der Waals surface area contributed by atoms with Crippen LogP contribution in [0.2, 0.25) is 0 Å². The molecule has 1 saturated carbocycles. The third-order valence-corrected chi connectivity index (χ3v) is 4.92. The average molecular weight is 328 g/mol. The van der Waals surface area contributed by atoms with Gasteiger partial charge in [0.2, 0.25) is 5.91 Å². The third kappa shape index (κ3) is 3.85. The van der Waals surface area contributed by atoms with Crippen LogP contribution in [0.3, 0.4) is 0 Å². The summed E-state index contributed by atoms with van der Waals surface area (Å²) in [7, 11) is 0. The molecule has 0 aliphatic heterocycles.